The highest BCUT2D eigenvalue weighted by molar-refractivity contribution is 7.14. The third kappa shape index (κ3) is 3.53. The Balaban J connectivity index is 1.53. The van der Waals surface area contributed by atoms with Crippen LogP contribution in [-0.2, 0) is 6.61 Å². The summed E-state index contributed by atoms with van der Waals surface area (Å²) in [5.74, 6) is 1.50. The summed E-state index contributed by atoms with van der Waals surface area (Å²) in [7, 11) is 0. The molecule has 0 atom stereocenters. The van der Waals surface area contributed by atoms with Gasteiger partial charge in [0, 0.05) is 6.07 Å². The molecule has 0 spiro atoms. The van der Waals surface area contributed by atoms with Crippen molar-refractivity contribution in [3.8, 4) is 5.75 Å². The summed E-state index contributed by atoms with van der Waals surface area (Å²) < 4.78 is 7.72. The Kier molecular flexibility index (Phi) is 4.59. The number of benzene rings is 2. The molecule has 8 heteroatoms. The van der Waals surface area contributed by atoms with E-state index in [4.69, 9.17) is 4.74 Å². The van der Waals surface area contributed by atoms with E-state index in [9.17, 15) is 0 Å². The summed E-state index contributed by atoms with van der Waals surface area (Å²) >= 11 is 1.53. The van der Waals surface area contributed by atoms with Gasteiger partial charge in [-0.3, -0.25) is 9.88 Å². The number of thiazole rings is 1. The highest BCUT2D eigenvalue weighted by Gasteiger charge is 2.19. The molecule has 0 aliphatic rings. The van der Waals surface area contributed by atoms with E-state index < -0.39 is 0 Å². The van der Waals surface area contributed by atoms with Crippen molar-refractivity contribution in [2.24, 2.45) is 0 Å². The lowest BCUT2D eigenvalue weighted by Crippen LogP contribution is -2.12. The molecule has 29 heavy (non-hydrogen) atoms. The van der Waals surface area contributed by atoms with E-state index in [2.05, 4.69) is 20.1 Å². The van der Waals surface area contributed by atoms with Crippen LogP contribution in [0.5, 0.6) is 5.75 Å². The lowest BCUT2D eigenvalue weighted by molar-refractivity contribution is 0.306. The summed E-state index contributed by atoms with van der Waals surface area (Å²) in [4.78, 5) is 15.0. The van der Waals surface area contributed by atoms with E-state index in [-0.39, 0.29) is 0 Å². The topological polar surface area (TPSA) is 68.4 Å². The van der Waals surface area contributed by atoms with E-state index in [1.54, 1.807) is 22.6 Å². The van der Waals surface area contributed by atoms with Crippen molar-refractivity contribution in [2.75, 3.05) is 4.90 Å². The molecular formula is C21H16N6OS. The van der Waals surface area contributed by atoms with Gasteiger partial charge in [0.25, 0.3) is 0 Å². The molecule has 0 fully saturated rings. The van der Waals surface area contributed by atoms with Crippen LogP contribution in [0.4, 0.5) is 16.5 Å². The van der Waals surface area contributed by atoms with Gasteiger partial charge in [0.2, 0.25) is 0 Å². The first-order valence-corrected chi connectivity index (χ1v) is 9.85. The van der Waals surface area contributed by atoms with Crippen molar-refractivity contribution in [1.29, 1.82) is 0 Å². The van der Waals surface area contributed by atoms with Crippen LogP contribution in [0, 0.1) is 0 Å². The number of imidazole rings is 1. The molecule has 7 nitrogen and oxygen atoms in total. The highest BCUT2D eigenvalue weighted by Crippen LogP contribution is 2.38. The van der Waals surface area contributed by atoms with Crippen molar-refractivity contribution < 1.29 is 4.74 Å². The average molecular weight is 400 g/mol. The monoisotopic (exact) mass is 400 g/mol. The zero-order valence-electron chi connectivity index (χ0n) is 15.3. The SMILES string of the molecule is c1ccc(COc2cccc(N(c3cncs3)c3ncnn4cncc34)c2)cc1. The lowest BCUT2D eigenvalue weighted by Gasteiger charge is -2.22. The molecule has 2 aromatic carbocycles. The normalized spacial score (nSPS) is 10.9. The smallest absolute Gasteiger partial charge is 0.167 e. The number of rotatable bonds is 6. The van der Waals surface area contributed by atoms with Gasteiger partial charge in [-0.1, -0.05) is 36.4 Å². The fourth-order valence-electron chi connectivity index (χ4n) is 3.04. The zero-order valence-corrected chi connectivity index (χ0v) is 16.1. The molecule has 0 aliphatic carbocycles. The van der Waals surface area contributed by atoms with Gasteiger partial charge in [0.05, 0.1) is 23.6 Å². The number of aromatic nitrogens is 5. The van der Waals surface area contributed by atoms with Crippen LogP contribution < -0.4 is 9.64 Å². The quantitative estimate of drug-likeness (QED) is 0.414. The van der Waals surface area contributed by atoms with Gasteiger partial charge in [-0.15, -0.1) is 11.3 Å². The van der Waals surface area contributed by atoms with Crippen LogP contribution in [0.15, 0.2) is 85.2 Å². The molecule has 0 N–H and O–H groups in total. The van der Waals surface area contributed by atoms with Gasteiger partial charge in [-0.2, -0.15) is 5.10 Å². The molecule has 0 bridgehead atoms. The Bertz CT molecular complexity index is 1220. The van der Waals surface area contributed by atoms with Crippen LogP contribution in [0.1, 0.15) is 5.56 Å². The first-order valence-electron chi connectivity index (χ1n) is 8.97. The number of hydrogen-bond acceptors (Lipinski definition) is 7. The van der Waals surface area contributed by atoms with Crippen molar-refractivity contribution in [1.82, 2.24) is 24.6 Å². The minimum Gasteiger partial charge on any atom is -0.489 e. The van der Waals surface area contributed by atoms with Crippen LogP contribution >= 0.6 is 11.3 Å². The van der Waals surface area contributed by atoms with E-state index in [1.165, 1.54) is 17.7 Å². The van der Waals surface area contributed by atoms with E-state index in [0.717, 1.165) is 33.3 Å². The average Bonchev–Trinajstić information content (AvgIpc) is 3.46. The molecular weight excluding hydrogens is 384 g/mol. The first-order chi connectivity index (χ1) is 14.4. The second kappa shape index (κ2) is 7.69. The molecule has 0 unspecified atom stereocenters. The molecule has 0 amide bonds. The van der Waals surface area contributed by atoms with Gasteiger partial charge >= 0.3 is 0 Å². The summed E-state index contributed by atoms with van der Waals surface area (Å²) in [6, 6.07) is 18.0. The fraction of sp³-hybridized carbons (Fsp3) is 0.0476. The summed E-state index contributed by atoms with van der Waals surface area (Å²) in [5, 5.41) is 5.16. The number of fused-ring (bicyclic) bond motifs is 1. The van der Waals surface area contributed by atoms with Crippen LogP contribution in [0.3, 0.4) is 0 Å². The summed E-state index contributed by atoms with van der Waals surface area (Å²) in [5.41, 5.74) is 4.64. The third-order valence-electron chi connectivity index (χ3n) is 4.38. The number of anilines is 3. The predicted octanol–water partition coefficient (Wildman–Crippen LogP) is 4.63. The molecule has 3 heterocycles. The number of nitrogens with zero attached hydrogens (tertiary/aromatic N) is 6. The fourth-order valence-corrected chi connectivity index (χ4v) is 3.69. The zero-order chi connectivity index (χ0) is 19.5. The maximum atomic E-state index is 6.02. The lowest BCUT2D eigenvalue weighted by atomic mass is 10.2. The molecule has 0 saturated heterocycles. The van der Waals surface area contributed by atoms with Crippen LogP contribution in [-0.4, -0.2) is 24.6 Å². The Morgan fingerprint density at radius 1 is 1.00 bits per heavy atom. The number of hydrogen-bond donors (Lipinski definition) is 0. The standard InChI is InChI=1S/C21H16N6OS/c1-2-5-16(6-3-1)12-28-18-8-4-7-17(9-18)27(20-11-23-15-29-20)21-19-10-22-14-26(19)25-13-24-21/h1-11,13-15H,12H2. The second-order valence-corrected chi connectivity index (χ2v) is 7.12. The van der Waals surface area contributed by atoms with Crippen molar-refractivity contribution in [3.63, 3.8) is 0 Å². The van der Waals surface area contributed by atoms with E-state index in [1.807, 2.05) is 65.7 Å². The minimum absolute atomic E-state index is 0.505. The first kappa shape index (κ1) is 17.3. The van der Waals surface area contributed by atoms with Gasteiger partial charge < -0.3 is 4.74 Å². The highest BCUT2D eigenvalue weighted by atomic mass is 32.1. The van der Waals surface area contributed by atoms with Gasteiger partial charge in [-0.25, -0.2) is 14.5 Å². The summed E-state index contributed by atoms with van der Waals surface area (Å²) in [6.45, 7) is 0.505. The third-order valence-corrected chi connectivity index (χ3v) is 5.14. The molecule has 3 aromatic heterocycles. The van der Waals surface area contributed by atoms with Crippen molar-refractivity contribution in [2.45, 2.75) is 6.61 Å². The Morgan fingerprint density at radius 2 is 1.93 bits per heavy atom. The van der Waals surface area contributed by atoms with Crippen molar-refractivity contribution >= 4 is 33.4 Å². The molecule has 5 aromatic rings. The molecule has 0 radical (unpaired) electrons. The Hall–Kier alpha value is -3.78. The molecule has 5 rings (SSSR count). The minimum atomic E-state index is 0.505. The maximum Gasteiger partial charge on any atom is 0.167 e. The maximum absolute atomic E-state index is 6.02. The van der Waals surface area contributed by atoms with Crippen LogP contribution in [0.25, 0.3) is 5.52 Å². The Labute approximate surface area is 170 Å². The number of ether oxygens (including phenoxy) is 1. The molecule has 0 aliphatic heterocycles. The second-order valence-electron chi connectivity index (χ2n) is 6.25. The van der Waals surface area contributed by atoms with Gasteiger partial charge in [0.15, 0.2) is 5.82 Å². The van der Waals surface area contributed by atoms with Gasteiger partial charge in [0.1, 0.15) is 35.5 Å². The summed E-state index contributed by atoms with van der Waals surface area (Å²) in [6.07, 6.45) is 6.74. The van der Waals surface area contributed by atoms with Crippen molar-refractivity contribution in [3.05, 3.63) is 90.7 Å². The van der Waals surface area contributed by atoms with Crippen LogP contribution in [0.2, 0.25) is 0 Å². The molecule has 142 valence electrons. The van der Waals surface area contributed by atoms with Gasteiger partial charge in [-0.05, 0) is 17.7 Å². The predicted molar refractivity (Wildman–Crippen MR) is 112 cm³/mol. The largest absolute Gasteiger partial charge is 0.489 e. The molecule has 0 saturated carbocycles. The van der Waals surface area contributed by atoms with E-state index >= 15 is 0 Å². The van der Waals surface area contributed by atoms with E-state index in [0.29, 0.717) is 6.61 Å². The Morgan fingerprint density at radius 3 is 2.79 bits per heavy atom.